The number of aldehydes is 1. The zero-order valence-electron chi connectivity index (χ0n) is 16.0. The Bertz CT molecular complexity index is 741. The Kier molecular flexibility index (Phi) is 8.37. The minimum atomic E-state index is -1.03. The maximum Gasteiger partial charge on any atom is 0.321 e. The number of benzene rings is 1. The number of fused-ring (bicyclic) bond motifs is 1. The smallest absolute Gasteiger partial charge is 0.321 e. The molecular formula is C20H27NO5S. The van der Waals surface area contributed by atoms with Gasteiger partial charge in [-0.05, 0) is 43.2 Å². The molecule has 1 N–H and O–H groups in total. The third-order valence-corrected chi connectivity index (χ3v) is 5.51. The van der Waals surface area contributed by atoms with E-state index in [-0.39, 0.29) is 12.5 Å². The molecule has 1 heterocycles. The predicted octanol–water partition coefficient (Wildman–Crippen LogP) is 3.53. The Balaban J connectivity index is 2.38. The lowest BCUT2D eigenvalue weighted by Crippen LogP contribution is -2.51. The Hall–Kier alpha value is -1.80. The highest BCUT2D eigenvalue weighted by Crippen LogP contribution is 2.29. The third kappa shape index (κ3) is 5.35. The summed E-state index contributed by atoms with van der Waals surface area (Å²) in [6.45, 7) is 6.92. The molecule has 0 aliphatic heterocycles. The quantitative estimate of drug-likeness (QED) is 0.439. The zero-order chi connectivity index (χ0) is 19.8. The molecule has 2 atom stereocenters. The average Bonchev–Trinajstić information content (AvgIpc) is 3.06. The second-order valence-electron chi connectivity index (χ2n) is 6.21. The number of aliphatic carboxylic acids is 1. The van der Waals surface area contributed by atoms with Crippen LogP contribution in [0, 0.1) is 0 Å². The Morgan fingerprint density at radius 1 is 1.26 bits per heavy atom. The Morgan fingerprint density at radius 3 is 2.52 bits per heavy atom. The summed E-state index contributed by atoms with van der Waals surface area (Å²) >= 11 is 1.62. The number of carbonyl (C=O) groups is 2. The van der Waals surface area contributed by atoms with Crippen molar-refractivity contribution in [2.24, 2.45) is 0 Å². The van der Waals surface area contributed by atoms with Crippen LogP contribution in [0.25, 0.3) is 10.1 Å². The number of hydrogen-bond acceptors (Lipinski definition) is 6. The van der Waals surface area contributed by atoms with Crippen LogP contribution in [0.3, 0.4) is 0 Å². The molecule has 0 saturated heterocycles. The highest BCUT2D eigenvalue weighted by Gasteiger charge is 2.34. The van der Waals surface area contributed by atoms with E-state index < -0.39 is 18.3 Å². The number of nitrogens with zero attached hydrogens (tertiary/aromatic N) is 1. The maximum absolute atomic E-state index is 11.9. The molecule has 1 unspecified atom stereocenters. The molecule has 27 heavy (non-hydrogen) atoms. The molecule has 0 amide bonds. The normalized spacial score (nSPS) is 14.0. The van der Waals surface area contributed by atoms with E-state index in [0.29, 0.717) is 26.0 Å². The standard InChI is InChI=1S/C20H27NO5S/c1-4-25-20(26-5-2)14(3)21(17(10-11-22)19(23)24)12-15-13-27-18-9-7-6-8-16(15)18/h6-9,11,13-14,17,20H,4-5,10,12H2,1-3H3,(H,23,24)/t14-,17?/m0/s1. The van der Waals surface area contributed by atoms with E-state index in [9.17, 15) is 14.7 Å². The molecule has 0 aliphatic rings. The summed E-state index contributed by atoms with van der Waals surface area (Å²) in [4.78, 5) is 24.8. The molecule has 1 aromatic heterocycles. The highest BCUT2D eigenvalue weighted by molar-refractivity contribution is 7.17. The molecule has 0 aliphatic carbocycles. The minimum absolute atomic E-state index is 0.0906. The minimum Gasteiger partial charge on any atom is -0.480 e. The van der Waals surface area contributed by atoms with E-state index in [1.165, 1.54) is 0 Å². The van der Waals surface area contributed by atoms with Crippen molar-refractivity contribution in [2.75, 3.05) is 13.2 Å². The number of carboxylic acid groups (broad SMARTS) is 1. The number of ether oxygens (including phenoxy) is 2. The number of hydrogen-bond donors (Lipinski definition) is 1. The van der Waals surface area contributed by atoms with Crippen LogP contribution in [-0.4, -0.2) is 53.8 Å². The van der Waals surface area contributed by atoms with Gasteiger partial charge < -0.3 is 19.4 Å². The molecule has 148 valence electrons. The molecule has 0 saturated carbocycles. The number of rotatable bonds is 12. The number of carbonyl (C=O) groups excluding carboxylic acids is 1. The first-order chi connectivity index (χ1) is 13.0. The molecular weight excluding hydrogens is 366 g/mol. The summed E-state index contributed by atoms with van der Waals surface area (Å²) in [7, 11) is 0. The van der Waals surface area contributed by atoms with Gasteiger partial charge in [-0.3, -0.25) is 9.69 Å². The molecule has 6 nitrogen and oxygen atoms in total. The summed E-state index contributed by atoms with van der Waals surface area (Å²) in [5.41, 5.74) is 1.03. The summed E-state index contributed by atoms with van der Waals surface area (Å²) in [6, 6.07) is 6.73. The predicted molar refractivity (Wildman–Crippen MR) is 106 cm³/mol. The van der Waals surface area contributed by atoms with Gasteiger partial charge in [-0.15, -0.1) is 11.3 Å². The monoisotopic (exact) mass is 393 g/mol. The van der Waals surface area contributed by atoms with Gasteiger partial charge in [-0.1, -0.05) is 18.2 Å². The first-order valence-corrected chi connectivity index (χ1v) is 10.0. The van der Waals surface area contributed by atoms with Crippen molar-refractivity contribution in [3.8, 4) is 0 Å². The van der Waals surface area contributed by atoms with E-state index in [1.807, 2.05) is 50.4 Å². The second-order valence-corrected chi connectivity index (χ2v) is 7.12. The van der Waals surface area contributed by atoms with Crippen LogP contribution >= 0.6 is 11.3 Å². The van der Waals surface area contributed by atoms with Crippen LogP contribution in [0.4, 0.5) is 0 Å². The van der Waals surface area contributed by atoms with Crippen LogP contribution in [0.15, 0.2) is 29.6 Å². The van der Waals surface area contributed by atoms with Crippen molar-refractivity contribution in [2.45, 2.75) is 52.1 Å². The van der Waals surface area contributed by atoms with Gasteiger partial charge in [0.15, 0.2) is 6.29 Å². The molecule has 2 aromatic rings. The lowest BCUT2D eigenvalue weighted by atomic mass is 10.1. The molecule has 0 radical (unpaired) electrons. The summed E-state index contributed by atoms with van der Waals surface area (Å²) in [5, 5.41) is 12.9. The van der Waals surface area contributed by atoms with E-state index in [1.54, 1.807) is 16.2 Å². The van der Waals surface area contributed by atoms with Crippen LogP contribution < -0.4 is 0 Å². The summed E-state index contributed by atoms with van der Waals surface area (Å²) in [6.07, 6.45) is -0.00812. The fourth-order valence-electron chi connectivity index (χ4n) is 3.17. The maximum atomic E-state index is 11.9. The third-order valence-electron chi connectivity index (χ3n) is 4.50. The molecule has 1 aromatic carbocycles. The Labute approximate surface area is 163 Å². The van der Waals surface area contributed by atoms with E-state index >= 15 is 0 Å². The second kappa shape index (κ2) is 10.5. The van der Waals surface area contributed by atoms with E-state index in [2.05, 4.69) is 0 Å². The first-order valence-electron chi connectivity index (χ1n) is 9.13. The fraction of sp³-hybridized carbons (Fsp3) is 0.500. The van der Waals surface area contributed by atoms with Gasteiger partial charge in [-0.2, -0.15) is 0 Å². The number of carboxylic acids is 1. The molecule has 0 bridgehead atoms. The van der Waals surface area contributed by atoms with Crippen LogP contribution in [-0.2, 0) is 25.6 Å². The van der Waals surface area contributed by atoms with Gasteiger partial charge in [0.25, 0.3) is 0 Å². The van der Waals surface area contributed by atoms with Crippen molar-refractivity contribution in [3.63, 3.8) is 0 Å². The van der Waals surface area contributed by atoms with Gasteiger partial charge in [-0.25, -0.2) is 0 Å². The van der Waals surface area contributed by atoms with Crippen LogP contribution in [0.1, 0.15) is 32.8 Å². The van der Waals surface area contributed by atoms with Crippen molar-refractivity contribution in [1.29, 1.82) is 0 Å². The van der Waals surface area contributed by atoms with E-state index in [0.717, 1.165) is 15.6 Å². The lowest BCUT2D eigenvalue weighted by molar-refractivity contribution is -0.181. The fourth-order valence-corrected chi connectivity index (χ4v) is 4.12. The van der Waals surface area contributed by atoms with Gasteiger partial charge in [0, 0.05) is 30.9 Å². The van der Waals surface area contributed by atoms with Crippen LogP contribution in [0.2, 0.25) is 0 Å². The molecule has 7 heteroatoms. The molecule has 0 spiro atoms. The van der Waals surface area contributed by atoms with Crippen molar-refractivity contribution < 1.29 is 24.2 Å². The molecule has 2 rings (SSSR count). The van der Waals surface area contributed by atoms with Gasteiger partial charge in [0.05, 0.1) is 6.04 Å². The van der Waals surface area contributed by atoms with Crippen molar-refractivity contribution in [3.05, 3.63) is 35.2 Å². The SMILES string of the molecule is CCOC(OCC)[C@H](C)N(Cc1csc2ccccc12)C(CC=O)C(=O)O. The van der Waals surface area contributed by atoms with Gasteiger partial charge in [0.1, 0.15) is 12.3 Å². The molecule has 0 fully saturated rings. The van der Waals surface area contributed by atoms with E-state index in [4.69, 9.17) is 9.47 Å². The van der Waals surface area contributed by atoms with Crippen molar-refractivity contribution in [1.82, 2.24) is 4.90 Å². The Morgan fingerprint density at radius 2 is 1.93 bits per heavy atom. The number of thiophene rings is 1. The first kappa shape index (κ1) is 21.5. The van der Waals surface area contributed by atoms with Crippen molar-refractivity contribution >= 4 is 33.7 Å². The summed E-state index contributed by atoms with van der Waals surface area (Å²) in [5.74, 6) is -1.03. The van der Waals surface area contributed by atoms with Crippen LogP contribution in [0.5, 0.6) is 0 Å². The average molecular weight is 394 g/mol. The highest BCUT2D eigenvalue weighted by atomic mass is 32.1. The van der Waals surface area contributed by atoms with Gasteiger partial charge in [0.2, 0.25) is 0 Å². The zero-order valence-corrected chi connectivity index (χ0v) is 16.8. The topological polar surface area (TPSA) is 76.1 Å². The lowest BCUT2D eigenvalue weighted by Gasteiger charge is -2.37. The summed E-state index contributed by atoms with van der Waals surface area (Å²) < 4.78 is 12.5. The largest absolute Gasteiger partial charge is 0.480 e. The van der Waals surface area contributed by atoms with Gasteiger partial charge >= 0.3 is 5.97 Å².